The summed E-state index contributed by atoms with van der Waals surface area (Å²) in [4.78, 5) is 0. The number of nitrogens with one attached hydrogen (secondary N) is 1. The zero-order chi connectivity index (χ0) is 13.8. The Morgan fingerprint density at radius 3 is 2.17 bits per heavy atom. The van der Waals surface area contributed by atoms with Crippen LogP contribution < -0.4 is 5.32 Å². The largest absolute Gasteiger partial charge is 0.313 e. The molecule has 1 saturated heterocycles. The maximum atomic E-state index is 12.1. The molecule has 1 rings (SSSR count). The van der Waals surface area contributed by atoms with Gasteiger partial charge in [-0.15, -0.1) is 0 Å². The standard InChI is InChI=1S/C13H28N2O2S/c1-11(2)13-5-8-15(9-6-13)18(16,17)10-7-14-12(3)4/h11-14H,5-10H2,1-4H3. The number of sulfonamides is 1. The number of piperidine rings is 1. The van der Waals surface area contributed by atoms with Gasteiger partial charge in [-0.05, 0) is 24.7 Å². The molecule has 18 heavy (non-hydrogen) atoms. The summed E-state index contributed by atoms with van der Waals surface area (Å²) in [6, 6.07) is 0.340. The van der Waals surface area contributed by atoms with Gasteiger partial charge in [0.15, 0.2) is 0 Å². The summed E-state index contributed by atoms with van der Waals surface area (Å²) in [7, 11) is -3.06. The Balaban J connectivity index is 2.40. The predicted octanol–water partition coefficient (Wildman–Crippen LogP) is 1.68. The molecule has 0 aliphatic carbocycles. The summed E-state index contributed by atoms with van der Waals surface area (Å²) in [5.41, 5.74) is 0. The van der Waals surface area contributed by atoms with E-state index in [0.29, 0.717) is 37.5 Å². The molecular weight excluding hydrogens is 248 g/mol. The molecule has 0 unspecified atom stereocenters. The smallest absolute Gasteiger partial charge is 0.215 e. The Labute approximate surface area is 112 Å². The summed E-state index contributed by atoms with van der Waals surface area (Å²) < 4.78 is 25.9. The molecular formula is C13H28N2O2S. The van der Waals surface area contributed by atoms with Crippen LogP contribution in [0.2, 0.25) is 0 Å². The van der Waals surface area contributed by atoms with Crippen LogP contribution in [0.15, 0.2) is 0 Å². The van der Waals surface area contributed by atoms with Gasteiger partial charge in [0, 0.05) is 25.7 Å². The van der Waals surface area contributed by atoms with E-state index in [0.717, 1.165) is 12.8 Å². The van der Waals surface area contributed by atoms with E-state index < -0.39 is 10.0 Å². The van der Waals surface area contributed by atoms with Crippen LogP contribution in [0.4, 0.5) is 0 Å². The SMILES string of the molecule is CC(C)NCCS(=O)(=O)N1CCC(C(C)C)CC1. The van der Waals surface area contributed by atoms with Crippen molar-refractivity contribution in [2.45, 2.75) is 46.6 Å². The molecule has 0 radical (unpaired) electrons. The van der Waals surface area contributed by atoms with E-state index in [4.69, 9.17) is 0 Å². The number of hydrogen-bond acceptors (Lipinski definition) is 3. The lowest BCUT2D eigenvalue weighted by molar-refractivity contribution is 0.226. The quantitative estimate of drug-likeness (QED) is 0.803. The molecule has 0 atom stereocenters. The predicted molar refractivity (Wildman–Crippen MR) is 76.1 cm³/mol. The minimum absolute atomic E-state index is 0.220. The van der Waals surface area contributed by atoms with Crippen molar-refractivity contribution in [3.63, 3.8) is 0 Å². The first-order valence-corrected chi connectivity index (χ1v) is 8.65. The number of nitrogens with zero attached hydrogens (tertiary/aromatic N) is 1. The van der Waals surface area contributed by atoms with Crippen molar-refractivity contribution < 1.29 is 8.42 Å². The molecule has 0 saturated carbocycles. The lowest BCUT2D eigenvalue weighted by atomic mass is 9.87. The van der Waals surface area contributed by atoms with Crippen molar-refractivity contribution in [2.75, 3.05) is 25.4 Å². The molecule has 0 aromatic carbocycles. The van der Waals surface area contributed by atoms with Crippen LogP contribution in [0.5, 0.6) is 0 Å². The topological polar surface area (TPSA) is 49.4 Å². The molecule has 1 aliphatic rings. The normalized spacial score (nSPS) is 19.9. The zero-order valence-corrected chi connectivity index (χ0v) is 13.0. The Bertz CT molecular complexity index is 331. The molecule has 1 heterocycles. The molecule has 5 heteroatoms. The van der Waals surface area contributed by atoms with Crippen molar-refractivity contribution in [3.8, 4) is 0 Å². The molecule has 0 aromatic rings. The summed E-state index contributed by atoms with van der Waals surface area (Å²) in [6.45, 7) is 10.5. The summed E-state index contributed by atoms with van der Waals surface area (Å²) in [6.07, 6.45) is 2.02. The van der Waals surface area contributed by atoms with Crippen molar-refractivity contribution >= 4 is 10.0 Å². The third-order valence-corrected chi connectivity index (χ3v) is 5.62. The number of hydrogen-bond donors (Lipinski definition) is 1. The van der Waals surface area contributed by atoms with Gasteiger partial charge in [-0.1, -0.05) is 27.7 Å². The van der Waals surface area contributed by atoms with E-state index in [9.17, 15) is 8.42 Å². The molecule has 1 fully saturated rings. The van der Waals surface area contributed by atoms with Crippen molar-refractivity contribution in [3.05, 3.63) is 0 Å². The lowest BCUT2D eigenvalue weighted by Crippen LogP contribution is -2.42. The molecule has 1 aliphatic heterocycles. The Hall–Kier alpha value is -0.130. The van der Waals surface area contributed by atoms with Crippen LogP contribution in [-0.2, 0) is 10.0 Å². The van der Waals surface area contributed by atoms with E-state index >= 15 is 0 Å². The molecule has 0 bridgehead atoms. The van der Waals surface area contributed by atoms with Gasteiger partial charge >= 0.3 is 0 Å². The molecule has 0 spiro atoms. The first-order valence-electron chi connectivity index (χ1n) is 7.04. The highest BCUT2D eigenvalue weighted by Crippen LogP contribution is 2.25. The van der Waals surface area contributed by atoms with Crippen LogP contribution in [0.1, 0.15) is 40.5 Å². The Morgan fingerprint density at radius 2 is 1.72 bits per heavy atom. The first kappa shape index (κ1) is 15.9. The first-order chi connectivity index (χ1) is 8.33. The maximum Gasteiger partial charge on any atom is 0.215 e. The van der Waals surface area contributed by atoms with Crippen LogP contribution in [0, 0.1) is 11.8 Å². The molecule has 0 aromatic heterocycles. The second-order valence-corrected chi connectivity index (χ2v) is 7.99. The van der Waals surface area contributed by atoms with E-state index in [1.165, 1.54) is 0 Å². The zero-order valence-electron chi connectivity index (χ0n) is 12.1. The fourth-order valence-electron chi connectivity index (χ4n) is 2.43. The highest BCUT2D eigenvalue weighted by Gasteiger charge is 2.28. The second kappa shape index (κ2) is 6.87. The lowest BCUT2D eigenvalue weighted by Gasteiger charge is -2.33. The molecule has 0 amide bonds. The van der Waals surface area contributed by atoms with Gasteiger partial charge in [0.1, 0.15) is 0 Å². The van der Waals surface area contributed by atoms with Gasteiger partial charge in [0.2, 0.25) is 10.0 Å². The van der Waals surface area contributed by atoms with E-state index in [1.54, 1.807) is 4.31 Å². The van der Waals surface area contributed by atoms with E-state index in [2.05, 4.69) is 19.2 Å². The Morgan fingerprint density at radius 1 is 1.17 bits per heavy atom. The van der Waals surface area contributed by atoms with Crippen molar-refractivity contribution in [2.24, 2.45) is 11.8 Å². The summed E-state index contributed by atoms with van der Waals surface area (Å²) in [5, 5.41) is 3.16. The monoisotopic (exact) mass is 276 g/mol. The average molecular weight is 276 g/mol. The molecule has 4 nitrogen and oxygen atoms in total. The molecule has 108 valence electrons. The number of rotatable bonds is 6. The van der Waals surface area contributed by atoms with Crippen LogP contribution in [0.25, 0.3) is 0 Å². The highest BCUT2D eigenvalue weighted by molar-refractivity contribution is 7.89. The van der Waals surface area contributed by atoms with Crippen LogP contribution in [-0.4, -0.2) is 44.2 Å². The van der Waals surface area contributed by atoms with Gasteiger partial charge in [0.05, 0.1) is 5.75 Å². The Kier molecular flexibility index (Phi) is 6.08. The van der Waals surface area contributed by atoms with Crippen molar-refractivity contribution in [1.82, 2.24) is 9.62 Å². The third kappa shape index (κ3) is 4.86. The van der Waals surface area contributed by atoms with Gasteiger partial charge in [-0.25, -0.2) is 12.7 Å². The van der Waals surface area contributed by atoms with Gasteiger partial charge in [-0.3, -0.25) is 0 Å². The van der Waals surface area contributed by atoms with Gasteiger partial charge in [0.25, 0.3) is 0 Å². The van der Waals surface area contributed by atoms with E-state index in [-0.39, 0.29) is 5.75 Å². The fraction of sp³-hybridized carbons (Fsp3) is 1.00. The van der Waals surface area contributed by atoms with Crippen molar-refractivity contribution in [1.29, 1.82) is 0 Å². The summed E-state index contributed by atoms with van der Waals surface area (Å²) >= 11 is 0. The minimum Gasteiger partial charge on any atom is -0.313 e. The second-order valence-electron chi connectivity index (χ2n) is 5.91. The van der Waals surface area contributed by atoms with Crippen LogP contribution in [0.3, 0.4) is 0 Å². The summed E-state index contributed by atoms with van der Waals surface area (Å²) in [5.74, 6) is 1.57. The minimum atomic E-state index is -3.06. The van der Waals surface area contributed by atoms with E-state index in [1.807, 2.05) is 13.8 Å². The average Bonchev–Trinajstić information content (AvgIpc) is 2.28. The molecule has 1 N–H and O–H groups in total. The highest BCUT2D eigenvalue weighted by atomic mass is 32.2. The van der Waals surface area contributed by atoms with Gasteiger partial charge < -0.3 is 5.32 Å². The third-order valence-electron chi connectivity index (χ3n) is 3.75. The maximum absolute atomic E-state index is 12.1. The fourth-order valence-corrected chi connectivity index (χ4v) is 3.83. The van der Waals surface area contributed by atoms with Crippen LogP contribution >= 0.6 is 0 Å². The van der Waals surface area contributed by atoms with Gasteiger partial charge in [-0.2, -0.15) is 0 Å².